The Hall–Kier alpha value is -3.49. The molecular formula is C18H19N5O4. The molecule has 9 nitrogen and oxygen atoms in total. The summed E-state index contributed by atoms with van der Waals surface area (Å²) in [4.78, 5) is 40.0. The van der Waals surface area contributed by atoms with Crippen molar-refractivity contribution in [2.45, 2.75) is 26.7 Å². The summed E-state index contributed by atoms with van der Waals surface area (Å²) in [5.74, 6) is -0.954. The number of esters is 1. The third-order valence-corrected chi connectivity index (χ3v) is 3.87. The number of hydrogen-bond acceptors (Lipinski definition) is 6. The van der Waals surface area contributed by atoms with Gasteiger partial charge in [0.25, 0.3) is 5.56 Å². The summed E-state index contributed by atoms with van der Waals surface area (Å²) in [6, 6.07) is 7.64. The van der Waals surface area contributed by atoms with Crippen LogP contribution in [0, 0.1) is 6.92 Å². The van der Waals surface area contributed by atoms with Crippen molar-refractivity contribution in [2.75, 3.05) is 12.0 Å². The summed E-state index contributed by atoms with van der Waals surface area (Å²) in [6.45, 7) is 3.92. The molecule has 0 fully saturated rings. The molecule has 0 spiro atoms. The smallest absolute Gasteiger partial charge is 0.306 e. The van der Waals surface area contributed by atoms with Crippen molar-refractivity contribution in [1.82, 2.24) is 19.4 Å². The number of nitrogens with zero attached hydrogens (tertiary/aromatic N) is 4. The van der Waals surface area contributed by atoms with E-state index in [0.717, 1.165) is 15.9 Å². The van der Waals surface area contributed by atoms with Crippen LogP contribution >= 0.6 is 0 Å². The average Bonchev–Trinajstić information content (AvgIpc) is 3.08. The Morgan fingerprint density at radius 3 is 2.63 bits per heavy atom. The van der Waals surface area contributed by atoms with Gasteiger partial charge in [-0.2, -0.15) is 5.10 Å². The van der Waals surface area contributed by atoms with Crippen LogP contribution in [-0.4, -0.2) is 37.9 Å². The first-order valence-electron chi connectivity index (χ1n) is 8.47. The molecule has 27 heavy (non-hydrogen) atoms. The van der Waals surface area contributed by atoms with Crippen LogP contribution in [0.3, 0.4) is 0 Å². The van der Waals surface area contributed by atoms with Crippen LogP contribution in [0.4, 0.5) is 0 Å². The molecule has 0 bridgehead atoms. The molecule has 3 aromatic rings. The molecule has 140 valence electrons. The van der Waals surface area contributed by atoms with Crippen molar-refractivity contribution in [2.24, 2.45) is 0 Å². The molecule has 1 aromatic carbocycles. The lowest BCUT2D eigenvalue weighted by Crippen LogP contribution is -2.33. The molecule has 0 saturated heterocycles. The fourth-order valence-corrected chi connectivity index (χ4v) is 2.51. The van der Waals surface area contributed by atoms with Gasteiger partial charge in [0, 0.05) is 6.42 Å². The van der Waals surface area contributed by atoms with E-state index in [4.69, 9.17) is 4.74 Å². The zero-order chi connectivity index (χ0) is 19.4. The Balaban J connectivity index is 1.80. The maximum absolute atomic E-state index is 12.6. The second kappa shape index (κ2) is 7.81. The summed E-state index contributed by atoms with van der Waals surface area (Å²) < 4.78 is 7.31. The Kier molecular flexibility index (Phi) is 5.30. The molecule has 2 aromatic heterocycles. The maximum atomic E-state index is 12.6. The van der Waals surface area contributed by atoms with Gasteiger partial charge in [-0.1, -0.05) is 17.7 Å². The number of amides is 1. The van der Waals surface area contributed by atoms with E-state index in [-0.39, 0.29) is 24.8 Å². The molecule has 0 aliphatic heterocycles. The average molecular weight is 369 g/mol. The first kappa shape index (κ1) is 18.3. The minimum absolute atomic E-state index is 0.0601. The van der Waals surface area contributed by atoms with Gasteiger partial charge in [-0.3, -0.25) is 19.8 Å². The molecule has 2 heterocycles. The Labute approximate surface area is 154 Å². The predicted molar refractivity (Wildman–Crippen MR) is 98.1 cm³/mol. The fourth-order valence-electron chi connectivity index (χ4n) is 2.51. The molecule has 3 rings (SSSR count). The van der Waals surface area contributed by atoms with Crippen LogP contribution in [0.5, 0.6) is 0 Å². The highest BCUT2D eigenvalue weighted by Crippen LogP contribution is 2.14. The zero-order valence-corrected chi connectivity index (χ0v) is 15.0. The van der Waals surface area contributed by atoms with Gasteiger partial charge in [0.15, 0.2) is 5.65 Å². The Morgan fingerprint density at radius 2 is 1.93 bits per heavy atom. The zero-order valence-electron chi connectivity index (χ0n) is 15.0. The topological polar surface area (TPSA) is 108 Å². The van der Waals surface area contributed by atoms with Crippen molar-refractivity contribution in [3.05, 3.63) is 52.7 Å². The summed E-state index contributed by atoms with van der Waals surface area (Å²) >= 11 is 0. The third-order valence-electron chi connectivity index (χ3n) is 3.87. The van der Waals surface area contributed by atoms with Crippen LogP contribution in [-0.2, 0) is 14.3 Å². The van der Waals surface area contributed by atoms with E-state index < -0.39 is 17.4 Å². The number of carbonyl (C=O) groups excluding carboxylic acids is 2. The largest absolute Gasteiger partial charge is 0.466 e. The van der Waals surface area contributed by atoms with E-state index in [0.29, 0.717) is 5.65 Å². The highest BCUT2D eigenvalue weighted by Gasteiger charge is 2.13. The SMILES string of the molecule is CCOC(=O)CCC(=O)Nn1cnc2c(cnn2-c2ccc(C)cc2)c1=O. The highest BCUT2D eigenvalue weighted by molar-refractivity contribution is 5.87. The second-order valence-electron chi connectivity index (χ2n) is 5.89. The van der Waals surface area contributed by atoms with E-state index in [2.05, 4.69) is 15.5 Å². The van der Waals surface area contributed by atoms with Gasteiger partial charge in [0.2, 0.25) is 5.91 Å². The minimum atomic E-state index is -0.489. The second-order valence-corrected chi connectivity index (χ2v) is 5.89. The molecule has 0 unspecified atom stereocenters. The molecular weight excluding hydrogens is 350 g/mol. The lowest BCUT2D eigenvalue weighted by Gasteiger charge is -2.08. The number of benzene rings is 1. The van der Waals surface area contributed by atoms with Gasteiger partial charge < -0.3 is 4.74 Å². The summed E-state index contributed by atoms with van der Waals surface area (Å²) in [5, 5.41) is 4.49. The van der Waals surface area contributed by atoms with Crippen LogP contribution in [0.25, 0.3) is 16.7 Å². The number of fused-ring (bicyclic) bond motifs is 1. The van der Waals surface area contributed by atoms with Crippen LogP contribution in [0.1, 0.15) is 25.3 Å². The number of carbonyl (C=O) groups is 2. The highest BCUT2D eigenvalue weighted by atomic mass is 16.5. The van der Waals surface area contributed by atoms with E-state index in [1.807, 2.05) is 31.2 Å². The molecule has 1 amide bonds. The Morgan fingerprint density at radius 1 is 1.19 bits per heavy atom. The van der Waals surface area contributed by atoms with Crippen LogP contribution < -0.4 is 11.0 Å². The van der Waals surface area contributed by atoms with Gasteiger partial charge in [0.1, 0.15) is 11.7 Å². The minimum Gasteiger partial charge on any atom is -0.466 e. The molecule has 0 aliphatic carbocycles. The quantitative estimate of drug-likeness (QED) is 0.656. The van der Waals surface area contributed by atoms with Gasteiger partial charge >= 0.3 is 5.97 Å². The van der Waals surface area contributed by atoms with E-state index in [1.54, 1.807) is 11.6 Å². The van der Waals surface area contributed by atoms with E-state index >= 15 is 0 Å². The lowest BCUT2D eigenvalue weighted by molar-refractivity contribution is -0.144. The van der Waals surface area contributed by atoms with Gasteiger partial charge in [0.05, 0.1) is 24.9 Å². The molecule has 0 atom stereocenters. The van der Waals surface area contributed by atoms with E-state index in [1.165, 1.54) is 12.5 Å². The van der Waals surface area contributed by atoms with Gasteiger partial charge in [-0.05, 0) is 26.0 Å². The number of aryl methyl sites for hydroxylation is 1. The predicted octanol–water partition coefficient (Wildman–Crippen LogP) is 1.30. The molecule has 1 N–H and O–H groups in total. The van der Waals surface area contributed by atoms with Gasteiger partial charge in [-0.25, -0.2) is 14.3 Å². The number of aromatic nitrogens is 4. The van der Waals surface area contributed by atoms with Crippen molar-refractivity contribution in [1.29, 1.82) is 0 Å². The van der Waals surface area contributed by atoms with Crippen LogP contribution in [0.2, 0.25) is 0 Å². The molecule has 9 heteroatoms. The standard InChI is InChI=1S/C18H19N5O4/c1-3-27-16(25)9-8-15(24)21-22-11-19-17-14(18(22)26)10-20-23(17)13-6-4-12(2)5-7-13/h4-7,10-11H,3,8-9H2,1-2H3,(H,21,24). The Bertz CT molecular complexity index is 1040. The fraction of sp³-hybridized carbons (Fsp3) is 0.278. The first-order chi connectivity index (χ1) is 13.0. The van der Waals surface area contributed by atoms with Crippen molar-refractivity contribution in [3.8, 4) is 5.69 Å². The van der Waals surface area contributed by atoms with E-state index in [9.17, 15) is 14.4 Å². The summed E-state index contributed by atoms with van der Waals surface area (Å²) in [5.41, 5.74) is 4.23. The monoisotopic (exact) mass is 369 g/mol. The lowest BCUT2D eigenvalue weighted by atomic mass is 10.2. The molecule has 0 radical (unpaired) electrons. The normalized spacial score (nSPS) is 10.7. The number of ether oxygens (including phenoxy) is 1. The summed E-state index contributed by atoms with van der Waals surface area (Å²) in [6.07, 6.45) is 2.48. The first-order valence-corrected chi connectivity index (χ1v) is 8.47. The van der Waals surface area contributed by atoms with Crippen molar-refractivity contribution in [3.63, 3.8) is 0 Å². The number of nitrogens with one attached hydrogen (secondary N) is 1. The maximum Gasteiger partial charge on any atom is 0.306 e. The van der Waals surface area contributed by atoms with Gasteiger partial charge in [-0.15, -0.1) is 0 Å². The third kappa shape index (κ3) is 4.02. The molecule has 0 saturated carbocycles. The molecule has 0 aliphatic rings. The van der Waals surface area contributed by atoms with Crippen molar-refractivity contribution < 1.29 is 14.3 Å². The number of rotatable bonds is 6. The summed E-state index contributed by atoms with van der Waals surface area (Å²) in [7, 11) is 0. The van der Waals surface area contributed by atoms with Crippen molar-refractivity contribution >= 4 is 22.9 Å². The van der Waals surface area contributed by atoms with Crippen LogP contribution in [0.15, 0.2) is 41.6 Å². The number of hydrogen-bond donors (Lipinski definition) is 1.